The van der Waals surface area contributed by atoms with Gasteiger partial charge >= 0.3 is 0 Å². The summed E-state index contributed by atoms with van der Waals surface area (Å²) in [6, 6.07) is 0. The highest BCUT2D eigenvalue weighted by Crippen LogP contribution is 2.60. The molecule has 4 aliphatic rings. The lowest BCUT2D eigenvalue weighted by Gasteiger charge is -2.56. The molecule has 128 valence electrons. The van der Waals surface area contributed by atoms with Gasteiger partial charge < -0.3 is 9.67 Å². The predicted octanol–water partition coefficient (Wildman–Crippen LogP) is 3.63. The largest absolute Gasteiger partial charge is 0.396 e. The molecule has 0 aromatic carbocycles. The smallest absolute Gasteiger partial charge is 0.191 e. The molecule has 0 spiro atoms. The van der Waals surface area contributed by atoms with Crippen LogP contribution in [0.3, 0.4) is 0 Å². The summed E-state index contributed by atoms with van der Waals surface area (Å²) >= 11 is 1.81. The quantitative estimate of drug-likeness (QED) is 0.611. The first-order valence-electron chi connectivity index (χ1n) is 9.41. The average molecular weight is 336 g/mol. The van der Waals surface area contributed by atoms with E-state index in [1.165, 1.54) is 44.3 Å². The van der Waals surface area contributed by atoms with Crippen molar-refractivity contribution in [3.8, 4) is 0 Å². The van der Waals surface area contributed by atoms with E-state index in [1.54, 1.807) is 0 Å². The van der Waals surface area contributed by atoms with Gasteiger partial charge in [-0.2, -0.15) is 0 Å². The Labute approximate surface area is 143 Å². The molecule has 23 heavy (non-hydrogen) atoms. The molecular weight excluding hydrogens is 306 g/mol. The van der Waals surface area contributed by atoms with Gasteiger partial charge in [0.2, 0.25) is 0 Å². The highest BCUT2D eigenvalue weighted by Gasteiger charge is 2.53. The first-order valence-corrected chi connectivity index (χ1v) is 10.4. The summed E-state index contributed by atoms with van der Waals surface area (Å²) in [6.45, 7) is 3.43. The number of aliphatic hydroxyl groups is 1. The fraction of sp³-hybridized carbons (Fsp3) is 0.889. The van der Waals surface area contributed by atoms with E-state index in [-0.39, 0.29) is 6.61 Å². The number of nitrogens with zero attached hydrogens (tertiary/aromatic N) is 3. The lowest BCUT2D eigenvalue weighted by Crippen LogP contribution is -2.49. The Balaban J connectivity index is 1.65. The van der Waals surface area contributed by atoms with Gasteiger partial charge in [-0.3, -0.25) is 0 Å². The Morgan fingerprint density at radius 3 is 2.30 bits per heavy atom. The second kappa shape index (κ2) is 6.40. The van der Waals surface area contributed by atoms with E-state index < -0.39 is 0 Å². The van der Waals surface area contributed by atoms with E-state index in [0.717, 1.165) is 48.0 Å². The molecule has 0 unspecified atom stereocenters. The lowest BCUT2D eigenvalue weighted by atomic mass is 9.49. The van der Waals surface area contributed by atoms with Gasteiger partial charge in [0.05, 0.1) is 0 Å². The maximum atomic E-state index is 9.12. The molecule has 4 aliphatic carbocycles. The molecule has 1 aromatic rings. The first-order chi connectivity index (χ1) is 11.2. The summed E-state index contributed by atoms with van der Waals surface area (Å²) in [5.41, 5.74) is 0.313. The van der Waals surface area contributed by atoms with E-state index in [1.807, 2.05) is 11.8 Å². The van der Waals surface area contributed by atoms with Gasteiger partial charge in [0, 0.05) is 18.6 Å². The molecule has 4 nitrogen and oxygen atoms in total. The number of aromatic nitrogens is 3. The van der Waals surface area contributed by atoms with Crippen LogP contribution >= 0.6 is 11.8 Å². The lowest BCUT2D eigenvalue weighted by molar-refractivity contribution is -0.0114. The van der Waals surface area contributed by atoms with E-state index >= 15 is 0 Å². The van der Waals surface area contributed by atoms with Crippen LogP contribution in [-0.4, -0.2) is 32.2 Å². The number of thioether (sulfide) groups is 1. The summed E-state index contributed by atoms with van der Waals surface area (Å²) in [7, 11) is 0. The van der Waals surface area contributed by atoms with Crippen LogP contribution in [0.25, 0.3) is 0 Å². The van der Waals surface area contributed by atoms with Crippen LogP contribution in [0.5, 0.6) is 0 Å². The predicted molar refractivity (Wildman–Crippen MR) is 92.6 cm³/mol. The summed E-state index contributed by atoms with van der Waals surface area (Å²) in [5.74, 6) is 5.13. The van der Waals surface area contributed by atoms with Gasteiger partial charge in [0.25, 0.3) is 0 Å². The summed E-state index contributed by atoms with van der Waals surface area (Å²) in [6.07, 6.45) is 10.3. The fourth-order valence-corrected chi connectivity index (χ4v) is 6.58. The van der Waals surface area contributed by atoms with Gasteiger partial charge in [-0.05, 0) is 74.9 Å². The van der Waals surface area contributed by atoms with Crippen molar-refractivity contribution in [1.82, 2.24) is 14.8 Å². The van der Waals surface area contributed by atoms with Crippen molar-refractivity contribution in [1.29, 1.82) is 0 Å². The van der Waals surface area contributed by atoms with Crippen LogP contribution in [0.1, 0.15) is 64.1 Å². The second-order valence-electron chi connectivity index (χ2n) is 8.02. The van der Waals surface area contributed by atoms with Crippen LogP contribution in [0.2, 0.25) is 0 Å². The van der Waals surface area contributed by atoms with Crippen LogP contribution in [-0.2, 0) is 12.0 Å². The molecule has 5 heteroatoms. The molecule has 4 fully saturated rings. The Kier molecular flexibility index (Phi) is 4.43. The minimum Gasteiger partial charge on any atom is -0.396 e. The first kappa shape index (κ1) is 15.9. The normalized spacial score (nSPS) is 35.1. The molecule has 1 heterocycles. The van der Waals surface area contributed by atoms with Gasteiger partial charge in [-0.25, -0.2) is 0 Å². The van der Waals surface area contributed by atoms with E-state index in [0.29, 0.717) is 5.41 Å². The third-order valence-electron chi connectivity index (χ3n) is 6.29. The van der Waals surface area contributed by atoms with Gasteiger partial charge in [-0.15, -0.1) is 10.2 Å². The van der Waals surface area contributed by atoms with Crippen LogP contribution in [0.15, 0.2) is 5.16 Å². The van der Waals surface area contributed by atoms with Crippen LogP contribution in [0, 0.1) is 17.8 Å². The Morgan fingerprint density at radius 2 is 1.74 bits per heavy atom. The molecule has 4 saturated carbocycles. The molecular formula is C18H29N3OS. The minimum absolute atomic E-state index is 0.283. The van der Waals surface area contributed by atoms with Crippen molar-refractivity contribution < 1.29 is 5.11 Å². The molecule has 5 rings (SSSR count). The Bertz CT molecular complexity index is 521. The minimum atomic E-state index is 0.283. The monoisotopic (exact) mass is 335 g/mol. The van der Waals surface area contributed by atoms with Crippen molar-refractivity contribution in [3.63, 3.8) is 0 Å². The van der Waals surface area contributed by atoms with Crippen molar-refractivity contribution in [2.24, 2.45) is 17.8 Å². The van der Waals surface area contributed by atoms with Gasteiger partial charge in [-0.1, -0.05) is 18.7 Å². The third kappa shape index (κ3) is 2.84. The van der Waals surface area contributed by atoms with E-state index in [4.69, 9.17) is 10.2 Å². The maximum absolute atomic E-state index is 9.12. The molecule has 0 saturated heterocycles. The number of unbranched alkanes of at least 4 members (excludes halogenated alkanes) is 1. The van der Waals surface area contributed by atoms with Crippen molar-refractivity contribution in [3.05, 3.63) is 5.82 Å². The second-order valence-corrected chi connectivity index (χ2v) is 9.25. The summed E-state index contributed by atoms with van der Waals surface area (Å²) in [4.78, 5) is 0. The Hall–Kier alpha value is -0.550. The standard InChI is InChI=1S/C18H29N3OS/c1-2-23-17-20-19-16(21(17)5-3-4-6-22)18-10-13-7-14(11-18)9-15(8-13)12-18/h13-15,22H,2-12H2,1H3. The highest BCUT2D eigenvalue weighted by atomic mass is 32.2. The summed E-state index contributed by atoms with van der Waals surface area (Å²) < 4.78 is 2.41. The number of aliphatic hydroxyl groups excluding tert-OH is 1. The van der Waals surface area contributed by atoms with Crippen LogP contribution < -0.4 is 0 Å². The maximum Gasteiger partial charge on any atom is 0.191 e. The Morgan fingerprint density at radius 1 is 1.09 bits per heavy atom. The van der Waals surface area contributed by atoms with Gasteiger partial charge in [0.1, 0.15) is 5.82 Å². The highest BCUT2D eigenvalue weighted by molar-refractivity contribution is 7.99. The van der Waals surface area contributed by atoms with Gasteiger partial charge in [0.15, 0.2) is 5.16 Å². The third-order valence-corrected chi connectivity index (χ3v) is 7.14. The fourth-order valence-electron chi connectivity index (χ4n) is 5.88. The number of rotatable bonds is 7. The van der Waals surface area contributed by atoms with Crippen molar-refractivity contribution in [2.75, 3.05) is 12.4 Å². The zero-order chi connectivity index (χ0) is 15.9. The molecule has 0 aliphatic heterocycles. The zero-order valence-electron chi connectivity index (χ0n) is 14.2. The van der Waals surface area contributed by atoms with E-state index in [9.17, 15) is 0 Å². The summed E-state index contributed by atoms with van der Waals surface area (Å²) in [5, 5.41) is 19.5. The molecule has 0 amide bonds. The molecule has 1 N–H and O–H groups in total. The van der Waals surface area contributed by atoms with Crippen LogP contribution in [0.4, 0.5) is 0 Å². The average Bonchev–Trinajstić information content (AvgIpc) is 2.90. The topological polar surface area (TPSA) is 50.9 Å². The van der Waals surface area contributed by atoms with E-state index in [2.05, 4.69) is 16.6 Å². The number of hydrogen-bond acceptors (Lipinski definition) is 4. The molecule has 0 radical (unpaired) electrons. The number of hydrogen-bond donors (Lipinski definition) is 1. The zero-order valence-corrected chi connectivity index (χ0v) is 15.0. The molecule has 0 atom stereocenters. The SMILES string of the molecule is CCSc1nnc(C23CC4CC(CC(C4)C2)C3)n1CCCCO. The van der Waals surface area contributed by atoms with Crippen molar-refractivity contribution >= 4 is 11.8 Å². The van der Waals surface area contributed by atoms with Crippen molar-refractivity contribution in [2.45, 2.75) is 75.4 Å². The molecule has 1 aromatic heterocycles. The molecule has 4 bridgehead atoms.